The summed E-state index contributed by atoms with van der Waals surface area (Å²) in [5.74, 6) is 0. The van der Waals surface area contributed by atoms with Crippen molar-refractivity contribution in [3.63, 3.8) is 0 Å². The smallest absolute Gasteiger partial charge is 0.263 e. The topological polar surface area (TPSA) is 72.5 Å². The zero-order valence-corrected chi connectivity index (χ0v) is 25.1. The zero-order valence-electron chi connectivity index (χ0n) is 25.1. The molecule has 0 N–H and O–H groups in total. The second-order valence-electron chi connectivity index (χ2n) is 11.2. The molecule has 0 atom stereocenters. The molecule has 0 fully saturated rings. The first-order chi connectivity index (χ1) is 22.6. The van der Waals surface area contributed by atoms with E-state index < -0.39 is 0 Å². The molecule has 0 radical (unpaired) electrons. The average molecular weight is 594 g/mol. The maximum atomic E-state index is 14.0. The van der Waals surface area contributed by atoms with Gasteiger partial charge in [-0.3, -0.25) is 29.1 Å². The van der Waals surface area contributed by atoms with Crippen LogP contribution in [0, 0.1) is 0 Å². The van der Waals surface area contributed by atoms with E-state index in [1.54, 1.807) is 6.20 Å². The van der Waals surface area contributed by atoms with Gasteiger partial charge in [-0.2, -0.15) is 0 Å². The van der Waals surface area contributed by atoms with E-state index in [2.05, 4.69) is 47.0 Å². The lowest BCUT2D eigenvalue weighted by Gasteiger charge is -2.09. The Morgan fingerprint density at radius 3 is 2.13 bits per heavy atom. The average Bonchev–Trinajstić information content (AvgIpc) is 3.45. The van der Waals surface area contributed by atoms with Crippen LogP contribution in [0.5, 0.6) is 0 Å². The summed E-state index contributed by atoms with van der Waals surface area (Å²) in [7, 11) is 0. The number of hydrogen-bond donors (Lipinski definition) is 0. The van der Waals surface area contributed by atoms with Crippen LogP contribution in [-0.4, -0.2) is 26.1 Å². The molecule has 0 spiro atoms. The van der Waals surface area contributed by atoms with Gasteiger partial charge in [-0.25, -0.2) is 0 Å². The molecule has 0 saturated carbocycles. The summed E-state index contributed by atoms with van der Waals surface area (Å²) in [6.45, 7) is 5.68. The number of fused-ring (bicyclic) bond motifs is 5. The Hall–Kier alpha value is -6.27. The summed E-state index contributed by atoms with van der Waals surface area (Å²) < 4.78 is 1.86. The second kappa shape index (κ2) is 11.0. The maximum Gasteiger partial charge on any atom is 0.263 e. The highest BCUT2D eigenvalue weighted by molar-refractivity contribution is 6.21. The summed E-state index contributed by atoms with van der Waals surface area (Å²) in [5.41, 5.74) is 8.85. The molecule has 0 aliphatic rings. The summed E-state index contributed by atoms with van der Waals surface area (Å²) in [6.07, 6.45) is 11.3. The molecule has 8 rings (SSSR count). The molecule has 5 aromatic heterocycles. The van der Waals surface area contributed by atoms with E-state index in [4.69, 9.17) is 9.97 Å². The molecule has 3 aromatic carbocycles. The van der Waals surface area contributed by atoms with Crippen molar-refractivity contribution in [1.29, 1.82) is 0 Å². The normalized spacial score (nSPS) is 12.2. The fourth-order valence-corrected chi connectivity index (χ4v) is 6.29. The Bertz CT molecular complexity index is 2550. The molecule has 0 unspecified atom stereocenters. The van der Waals surface area contributed by atoms with Crippen molar-refractivity contribution < 1.29 is 0 Å². The van der Waals surface area contributed by atoms with E-state index in [0.717, 1.165) is 77.6 Å². The van der Waals surface area contributed by atoms with E-state index in [-0.39, 0.29) is 5.56 Å². The molecule has 0 amide bonds. The molecule has 6 heteroatoms. The van der Waals surface area contributed by atoms with Crippen LogP contribution in [0.1, 0.15) is 12.5 Å². The third-order valence-corrected chi connectivity index (χ3v) is 8.51. The van der Waals surface area contributed by atoms with E-state index >= 15 is 0 Å². The van der Waals surface area contributed by atoms with Gasteiger partial charge in [-0.15, -0.1) is 0 Å². The van der Waals surface area contributed by atoms with Gasteiger partial charge >= 0.3 is 0 Å². The number of nitrogens with zero attached hydrogens (tertiary/aromatic N) is 5. The number of hydrogen-bond acceptors (Lipinski definition) is 5. The van der Waals surface area contributed by atoms with Crippen LogP contribution in [0.4, 0.5) is 0 Å². The predicted molar refractivity (Wildman–Crippen MR) is 189 cm³/mol. The van der Waals surface area contributed by atoms with Crippen LogP contribution in [0.15, 0.2) is 144 Å². The van der Waals surface area contributed by atoms with Crippen LogP contribution in [0.25, 0.3) is 77.4 Å². The van der Waals surface area contributed by atoms with Crippen LogP contribution >= 0.6 is 0 Å². The predicted octanol–water partition coefficient (Wildman–Crippen LogP) is 9.00. The van der Waals surface area contributed by atoms with Gasteiger partial charge in [-0.1, -0.05) is 48.6 Å². The van der Waals surface area contributed by atoms with Crippen molar-refractivity contribution >= 4 is 50.4 Å². The number of benzene rings is 3. The van der Waals surface area contributed by atoms with Crippen molar-refractivity contribution in [3.8, 4) is 33.8 Å². The quantitative estimate of drug-likeness (QED) is 0.110. The molecule has 0 bridgehead atoms. The minimum atomic E-state index is -0.0233. The molecule has 0 aliphatic carbocycles. The van der Waals surface area contributed by atoms with Gasteiger partial charge in [0.15, 0.2) is 0 Å². The first-order valence-corrected chi connectivity index (χ1v) is 15.1. The lowest BCUT2D eigenvalue weighted by Crippen LogP contribution is -2.12. The van der Waals surface area contributed by atoms with Gasteiger partial charge in [-0.05, 0) is 91.3 Å². The van der Waals surface area contributed by atoms with Crippen molar-refractivity contribution in [3.05, 3.63) is 150 Å². The van der Waals surface area contributed by atoms with Crippen molar-refractivity contribution in [2.24, 2.45) is 4.99 Å². The summed E-state index contributed by atoms with van der Waals surface area (Å²) in [5, 5.41) is 4.61. The summed E-state index contributed by atoms with van der Waals surface area (Å²) >= 11 is 0. The minimum absolute atomic E-state index is 0.0233. The first kappa shape index (κ1) is 27.3. The highest BCUT2D eigenvalue weighted by Gasteiger charge is 2.19. The molecule has 5 heterocycles. The van der Waals surface area contributed by atoms with E-state index in [1.807, 2.05) is 109 Å². The Labute approximate surface area is 264 Å². The summed E-state index contributed by atoms with van der Waals surface area (Å²) in [4.78, 5) is 32.1. The lowest BCUT2D eigenvalue weighted by molar-refractivity contribution is 1.21. The molecular weight excluding hydrogens is 566 g/mol. The van der Waals surface area contributed by atoms with Crippen LogP contribution in [0.2, 0.25) is 0 Å². The monoisotopic (exact) mass is 593 g/mol. The highest BCUT2D eigenvalue weighted by Crippen LogP contribution is 2.39. The minimum Gasteiger partial charge on any atom is -0.275 e. The van der Waals surface area contributed by atoms with Crippen molar-refractivity contribution in [2.75, 3.05) is 0 Å². The fourth-order valence-electron chi connectivity index (χ4n) is 6.29. The van der Waals surface area contributed by atoms with Crippen LogP contribution < -0.4 is 5.56 Å². The fraction of sp³-hybridized carbons (Fsp3) is 0.0250. The Balaban J connectivity index is 1.34. The first-order valence-electron chi connectivity index (χ1n) is 15.1. The Kier molecular flexibility index (Phi) is 6.54. The molecule has 8 aromatic rings. The largest absolute Gasteiger partial charge is 0.275 e. The molecule has 0 aliphatic heterocycles. The summed E-state index contributed by atoms with van der Waals surface area (Å²) in [6, 6.07) is 32.3. The second-order valence-corrected chi connectivity index (χ2v) is 11.2. The third kappa shape index (κ3) is 4.39. The Morgan fingerprint density at radius 1 is 0.696 bits per heavy atom. The molecular formula is C40H27N5O. The number of aromatic nitrogens is 4. The molecule has 46 heavy (non-hydrogen) atoms. The number of aliphatic imine (C=N–C) groups is 1. The lowest BCUT2D eigenvalue weighted by atomic mass is 9.98. The number of rotatable bonds is 6. The van der Waals surface area contributed by atoms with Gasteiger partial charge in [0.2, 0.25) is 0 Å². The highest BCUT2D eigenvalue weighted by atomic mass is 16.1. The van der Waals surface area contributed by atoms with Gasteiger partial charge < -0.3 is 0 Å². The maximum absolute atomic E-state index is 14.0. The van der Waals surface area contributed by atoms with E-state index in [0.29, 0.717) is 5.39 Å². The Morgan fingerprint density at radius 2 is 1.41 bits per heavy atom. The van der Waals surface area contributed by atoms with Crippen LogP contribution in [-0.2, 0) is 0 Å². The molecule has 218 valence electrons. The van der Waals surface area contributed by atoms with Crippen LogP contribution in [0.3, 0.4) is 0 Å². The van der Waals surface area contributed by atoms with Gasteiger partial charge in [0.25, 0.3) is 5.56 Å². The van der Waals surface area contributed by atoms with Crippen molar-refractivity contribution in [2.45, 2.75) is 6.92 Å². The van der Waals surface area contributed by atoms with Gasteiger partial charge in [0.05, 0.1) is 33.8 Å². The van der Waals surface area contributed by atoms with Crippen molar-refractivity contribution in [1.82, 2.24) is 19.4 Å². The van der Waals surface area contributed by atoms with Gasteiger partial charge in [0, 0.05) is 56.8 Å². The zero-order chi connectivity index (χ0) is 31.2. The standard InChI is InChI=1S/C40H27N5O/c1-3-4-11-34(41-2)27-14-16-35(43-24-27)28-21-32-29-9-5-6-10-30(29)40(46)45-38-18-15-25(20-31(38)33(22-28)39(32)45)26-13-17-37(44-23-26)36-12-7-8-19-42-36/h3-24H,2H2,1H3/b4-3-,34-11-. The van der Waals surface area contributed by atoms with E-state index in [9.17, 15) is 4.79 Å². The molecule has 6 nitrogen and oxygen atoms in total. The third-order valence-electron chi connectivity index (χ3n) is 8.51. The number of allylic oxidation sites excluding steroid dienone is 3. The number of pyridine rings is 4. The van der Waals surface area contributed by atoms with E-state index in [1.165, 1.54) is 0 Å². The van der Waals surface area contributed by atoms with Gasteiger partial charge in [0.1, 0.15) is 0 Å². The SMILES string of the molecule is C=N/C(=C\C=C/C)c1ccc(-c2cc3c4ccccc4c(=O)n4c5ccc(-c6ccc(-c7ccccn7)nc6)cc5c(c2)c34)nc1. The molecule has 0 saturated heterocycles.